The van der Waals surface area contributed by atoms with Crippen LogP contribution in [0.2, 0.25) is 10.0 Å². The average Bonchev–Trinajstić information content (AvgIpc) is 2.83. The molecule has 0 aliphatic rings. The molecule has 0 aliphatic carbocycles. The quantitative estimate of drug-likeness (QED) is 0.490. The van der Waals surface area contributed by atoms with Gasteiger partial charge in [0.2, 0.25) is 0 Å². The van der Waals surface area contributed by atoms with Crippen LogP contribution < -0.4 is 0 Å². The molecule has 116 valence electrons. The number of rotatable bonds is 2. The Morgan fingerprint density at radius 1 is 1.17 bits per heavy atom. The number of halogens is 2. The molecular formula is C16H10Cl2N2O3. The Bertz CT molecular complexity index is 943. The normalized spacial score (nSPS) is 10.9. The number of aromatic nitrogens is 1. The molecule has 0 saturated heterocycles. The number of nitrogens with zero attached hydrogens (tertiary/aromatic N) is 2. The van der Waals surface area contributed by atoms with Crippen LogP contribution in [0, 0.1) is 17.0 Å². The molecule has 0 saturated carbocycles. The summed E-state index contributed by atoms with van der Waals surface area (Å²) in [5.41, 5.74) is 1.49. The van der Waals surface area contributed by atoms with Gasteiger partial charge in [0, 0.05) is 23.7 Å². The van der Waals surface area contributed by atoms with Gasteiger partial charge < -0.3 is 0 Å². The third kappa shape index (κ3) is 2.58. The van der Waals surface area contributed by atoms with E-state index in [9.17, 15) is 14.9 Å². The predicted molar refractivity (Wildman–Crippen MR) is 89.5 cm³/mol. The lowest BCUT2D eigenvalue weighted by Crippen LogP contribution is -2.12. The maximum Gasteiger partial charge on any atom is 0.270 e. The van der Waals surface area contributed by atoms with E-state index in [1.54, 1.807) is 37.4 Å². The first-order chi connectivity index (χ1) is 10.9. The molecule has 23 heavy (non-hydrogen) atoms. The topological polar surface area (TPSA) is 65.1 Å². The standard InChI is InChI=1S/C16H10Cl2N2O3/c1-9-8-19(14-6-5-10(20(22)23)7-11(9)14)16(21)15-12(17)3-2-4-13(15)18/h2-8H,1H3. The van der Waals surface area contributed by atoms with Gasteiger partial charge in [0.05, 0.1) is 26.0 Å². The van der Waals surface area contributed by atoms with Crippen molar-refractivity contribution in [2.75, 3.05) is 0 Å². The maximum atomic E-state index is 12.8. The summed E-state index contributed by atoms with van der Waals surface area (Å²) in [6.45, 7) is 1.78. The highest BCUT2D eigenvalue weighted by Gasteiger charge is 2.20. The van der Waals surface area contributed by atoms with Gasteiger partial charge >= 0.3 is 0 Å². The van der Waals surface area contributed by atoms with Crippen LogP contribution in [0.25, 0.3) is 10.9 Å². The van der Waals surface area contributed by atoms with Crippen molar-refractivity contribution in [2.24, 2.45) is 0 Å². The SMILES string of the molecule is Cc1cn(C(=O)c2c(Cl)cccc2Cl)c2ccc([N+](=O)[O-])cc12. The molecule has 0 aliphatic heterocycles. The van der Waals surface area contributed by atoms with Crippen molar-refractivity contribution in [3.05, 3.63) is 73.9 Å². The third-order valence-electron chi connectivity index (χ3n) is 3.59. The van der Waals surface area contributed by atoms with Gasteiger partial charge in [-0.2, -0.15) is 0 Å². The Morgan fingerprint density at radius 2 is 1.83 bits per heavy atom. The van der Waals surface area contributed by atoms with Crippen molar-refractivity contribution in [1.29, 1.82) is 0 Å². The number of non-ortho nitro benzene ring substituents is 1. The minimum absolute atomic E-state index is 0.0263. The number of hydrogen-bond donors (Lipinski definition) is 0. The van der Waals surface area contributed by atoms with Gasteiger partial charge in [0.25, 0.3) is 11.6 Å². The van der Waals surface area contributed by atoms with Crippen LogP contribution in [0.3, 0.4) is 0 Å². The van der Waals surface area contributed by atoms with E-state index in [2.05, 4.69) is 0 Å². The van der Waals surface area contributed by atoms with Crippen molar-refractivity contribution >= 4 is 45.7 Å². The summed E-state index contributed by atoms with van der Waals surface area (Å²) in [6, 6.07) is 9.18. The molecule has 5 nitrogen and oxygen atoms in total. The molecule has 0 N–H and O–H groups in total. The van der Waals surface area contributed by atoms with E-state index in [1.807, 2.05) is 0 Å². The second kappa shape index (κ2) is 5.68. The molecule has 7 heteroatoms. The van der Waals surface area contributed by atoms with E-state index in [0.29, 0.717) is 10.9 Å². The van der Waals surface area contributed by atoms with Crippen LogP contribution in [-0.4, -0.2) is 15.4 Å². The molecule has 3 rings (SSSR count). The average molecular weight is 349 g/mol. The Kier molecular flexibility index (Phi) is 3.83. The van der Waals surface area contributed by atoms with Crippen LogP contribution >= 0.6 is 23.2 Å². The largest absolute Gasteiger partial charge is 0.283 e. The summed E-state index contributed by atoms with van der Waals surface area (Å²) in [7, 11) is 0. The highest BCUT2D eigenvalue weighted by atomic mass is 35.5. The van der Waals surface area contributed by atoms with E-state index < -0.39 is 4.92 Å². The lowest BCUT2D eigenvalue weighted by molar-refractivity contribution is -0.384. The zero-order chi connectivity index (χ0) is 16.7. The maximum absolute atomic E-state index is 12.8. The fraction of sp³-hybridized carbons (Fsp3) is 0.0625. The minimum Gasteiger partial charge on any atom is -0.283 e. The molecule has 1 aromatic heterocycles. The van der Waals surface area contributed by atoms with Crippen LogP contribution in [0.15, 0.2) is 42.6 Å². The molecular weight excluding hydrogens is 339 g/mol. The second-order valence-electron chi connectivity index (χ2n) is 5.04. The Morgan fingerprint density at radius 3 is 2.43 bits per heavy atom. The molecule has 3 aromatic rings. The van der Waals surface area contributed by atoms with E-state index in [-0.39, 0.29) is 27.2 Å². The van der Waals surface area contributed by atoms with Gasteiger partial charge in [-0.1, -0.05) is 29.3 Å². The first-order valence-electron chi connectivity index (χ1n) is 6.65. The number of carbonyl (C=O) groups is 1. The minimum atomic E-state index is -0.469. The monoisotopic (exact) mass is 348 g/mol. The van der Waals surface area contributed by atoms with Crippen molar-refractivity contribution in [2.45, 2.75) is 6.92 Å². The van der Waals surface area contributed by atoms with Crippen LogP contribution in [0.1, 0.15) is 15.9 Å². The van der Waals surface area contributed by atoms with Gasteiger partial charge in [-0.3, -0.25) is 19.5 Å². The summed E-state index contributed by atoms with van der Waals surface area (Å²) in [4.78, 5) is 23.2. The number of hydrogen-bond acceptors (Lipinski definition) is 3. The van der Waals surface area contributed by atoms with Crippen LogP contribution in [0.5, 0.6) is 0 Å². The molecule has 0 unspecified atom stereocenters. The second-order valence-corrected chi connectivity index (χ2v) is 5.86. The van der Waals surface area contributed by atoms with E-state index >= 15 is 0 Å². The lowest BCUT2D eigenvalue weighted by Gasteiger charge is -2.08. The Balaban J connectivity index is 2.21. The van der Waals surface area contributed by atoms with Crippen molar-refractivity contribution in [1.82, 2.24) is 4.57 Å². The predicted octanol–water partition coefficient (Wildman–Crippen LogP) is 4.85. The molecule has 2 aromatic carbocycles. The van der Waals surface area contributed by atoms with Crippen molar-refractivity contribution in [3.8, 4) is 0 Å². The highest BCUT2D eigenvalue weighted by molar-refractivity contribution is 6.40. The Labute approximate surface area is 141 Å². The number of benzene rings is 2. The number of fused-ring (bicyclic) bond motifs is 1. The fourth-order valence-corrected chi connectivity index (χ4v) is 3.05. The summed E-state index contributed by atoms with van der Waals surface area (Å²) < 4.78 is 1.40. The van der Waals surface area contributed by atoms with Crippen molar-refractivity contribution < 1.29 is 9.72 Å². The zero-order valence-electron chi connectivity index (χ0n) is 11.9. The number of nitro groups is 1. The highest BCUT2D eigenvalue weighted by Crippen LogP contribution is 2.30. The van der Waals surface area contributed by atoms with Gasteiger partial charge in [-0.15, -0.1) is 0 Å². The number of carbonyl (C=O) groups excluding carboxylic acids is 1. The van der Waals surface area contributed by atoms with E-state index in [1.165, 1.54) is 16.7 Å². The van der Waals surface area contributed by atoms with Gasteiger partial charge in [-0.05, 0) is 30.7 Å². The number of aryl methyl sites for hydroxylation is 1. The smallest absolute Gasteiger partial charge is 0.270 e. The summed E-state index contributed by atoms with van der Waals surface area (Å²) in [5, 5.41) is 12.0. The molecule has 0 amide bonds. The molecule has 0 spiro atoms. The first-order valence-corrected chi connectivity index (χ1v) is 7.40. The van der Waals surface area contributed by atoms with Gasteiger partial charge in [0.1, 0.15) is 0 Å². The fourth-order valence-electron chi connectivity index (χ4n) is 2.49. The number of nitro benzene ring substituents is 1. The van der Waals surface area contributed by atoms with E-state index in [0.717, 1.165) is 5.56 Å². The van der Waals surface area contributed by atoms with Crippen molar-refractivity contribution in [3.63, 3.8) is 0 Å². The van der Waals surface area contributed by atoms with E-state index in [4.69, 9.17) is 23.2 Å². The first kappa shape index (κ1) is 15.5. The van der Waals surface area contributed by atoms with Crippen LogP contribution in [-0.2, 0) is 0 Å². The molecule has 0 bridgehead atoms. The summed E-state index contributed by atoms with van der Waals surface area (Å²) in [6.07, 6.45) is 1.62. The molecule has 1 heterocycles. The molecule has 0 fully saturated rings. The lowest BCUT2D eigenvalue weighted by atomic mass is 10.1. The molecule has 0 atom stereocenters. The van der Waals surface area contributed by atoms with Crippen LogP contribution in [0.4, 0.5) is 5.69 Å². The Hall–Kier alpha value is -2.37. The summed E-state index contributed by atoms with van der Waals surface area (Å²) in [5.74, 6) is -0.382. The molecule has 0 radical (unpaired) electrons. The van der Waals surface area contributed by atoms with Gasteiger partial charge in [0.15, 0.2) is 0 Å². The summed E-state index contributed by atoms with van der Waals surface area (Å²) >= 11 is 12.2. The van der Waals surface area contributed by atoms with Gasteiger partial charge in [-0.25, -0.2) is 0 Å². The zero-order valence-corrected chi connectivity index (χ0v) is 13.4. The third-order valence-corrected chi connectivity index (χ3v) is 4.22.